The highest BCUT2D eigenvalue weighted by atomic mass is 16.5. The number of carbonyl (C=O) groups excluding carboxylic acids is 1. The van der Waals surface area contributed by atoms with Gasteiger partial charge < -0.3 is 14.6 Å². The number of benzene rings is 3. The van der Waals surface area contributed by atoms with Crippen molar-refractivity contribution in [3.05, 3.63) is 108 Å². The number of β-amino-alcohol motifs (C(OH)–C–C–N with tert-alkyl or cyclic N) is 1. The van der Waals surface area contributed by atoms with Crippen LogP contribution < -0.4 is 0 Å². The fourth-order valence-electron chi connectivity index (χ4n) is 4.84. The number of nitrogens with zero attached hydrogens (tertiary/aromatic N) is 1. The van der Waals surface area contributed by atoms with Crippen LogP contribution in [0.3, 0.4) is 0 Å². The number of hydrogen-bond acceptors (Lipinski definition) is 5. The molecule has 1 unspecified atom stereocenters. The van der Waals surface area contributed by atoms with Gasteiger partial charge in [-0.25, -0.2) is 0 Å². The number of carbonyl (C=O) groups is 1. The molecule has 1 N–H and O–H groups in total. The first-order valence-corrected chi connectivity index (χ1v) is 12.4. The SMILES string of the molecule is CC(=O)OC(CN1CC[C@@H](CCOC(c2ccccc2)c2ccccc2)[C@H](O)C1)c1ccccc1. The molecule has 1 saturated heterocycles. The fourth-order valence-corrected chi connectivity index (χ4v) is 4.84. The van der Waals surface area contributed by atoms with Gasteiger partial charge in [-0.05, 0) is 42.0 Å². The Hall–Kier alpha value is -2.99. The fraction of sp³-hybridized carbons (Fsp3) is 0.367. The van der Waals surface area contributed by atoms with Crippen molar-refractivity contribution in [1.82, 2.24) is 4.90 Å². The third-order valence-electron chi connectivity index (χ3n) is 6.69. The maximum Gasteiger partial charge on any atom is 0.303 e. The predicted octanol–water partition coefficient (Wildman–Crippen LogP) is 5.17. The summed E-state index contributed by atoms with van der Waals surface area (Å²) < 4.78 is 12.0. The number of likely N-dealkylation sites (tertiary alicyclic amines) is 1. The topological polar surface area (TPSA) is 59.0 Å². The van der Waals surface area contributed by atoms with E-state index in [0.29, 0.717) is 19.7 Å². The van der Waals surface area contributed by atoms with Crippen molar-refractivity contribution in [2.45, 2.75) is 38.1 Å². The Morgan fingerprint density at radius 1 is 0.914 bits per heavy atom. The van der Waals surface area contributed by atoms with E-state index in [9.17, 15) is 9.90 Å². The number of rotatable bonds is 10. The number of aliphatic hydroxyl groups is 1. The van der Waals surface area contributed by atoms with Gasteiger partial charge in [-0.3, -0.25) is 9.69 Å². The second-order valence-electron chi connectivity index (χ2n) is 9.25. The largest absolute Gasteiger partial charge is 0.456 e. The van der Waals surface area contributed by atoms with Gasteiger partial charge in [0.25, 0.3) is 0 Å². The van der Waals surface area contributed by atoms with Crippen molar-refractivity contribution >= 4 is 5.97 Å². The Labute approximate surface area is 208 Å². The van der Waals surface area contributed by atoms with E-state index in [2.05, 4.69) is 29.2 Å². The second-order valence-corrected chi connectivity index (χ2v) is 9.25. The summed E-state index contributed by atoms with van der Waals surface area (Å²) in [6.45, 7) is 4.02. The standard InChI is InChI=1S/C30H35NO4/c1-23(32)35-29(25-11-5-2-6-12-25)22-31-19-17-24(28(33)21-31)18-20-34-30(26-13-7-3-8-14-26)27-15-9-4-10-16-27/h2-16,24,28-30,33H,17-22H2,1H3/t24-,28+,29?/m0/s1. The average molecular weight is 474 g/mol. The van der Waals surface area contributed by atoms with Gasteiger partial charge in [0.2, 0.25) is 0 Å². The minimum Gasteiger partial charge on any atom is -0.456 e. The summed E-state index contributed by atoms with van der Waals surface area (Å²) in [4.78, 5) is 13.9. The van der Waals surface area contributed by atoms with E-state index in [1.165, 1.54) is 6.92 Å². The van der Waals surface area contributed by atoms with Crippen molar-refractivity contribution < 1.29 is 19.4 Å². The molecule has 5 nitrogen and oxygen atoms in total. The van der Waals surface area contributed by atoms with Crippen LogP contribution in [0, 0.1) is 5.92 Å². The molecule has 0 amide bonds. The van der Waals surface area contributed by atoms with Crippen LogP contribution in [0.4, 0.5) is 0 Å². The van der Waals surface area contributed by atoms with E-state index in [1.807, 2.05) is 66.7 Å². The van der Waals surface area contributed by atoms with Gasteiger partial charge in [0, 0.05) is 26.6 Å². The molecule has 5 heteroatoms. The monoisotopic (exact) mass is 473 g/mol. The van der Waals surface area contributed by atoms with E-state index in [-0.39, 0.29) is 24.1 Å². The summed E-state index contributed by atoms with van der Waals surface area (Å²) in [7, 11) is 0. The number of hydrogen-bond donors (Lipinski definition) is 1. The van der Waals surface area contributed by atoms with Gasteiger partial charge >= 0.3 is 5.97 Å². The smallest absolute Gasteiger partial charge is 0.303 e. The van der Waals surface area contributed by atoms with Crippen molar-refractivity contribution in [2.24, 2.45) is 5.92 Å². The summed E-state index contributed by atoms with van der Waals surface area (Å²) >= 11 is 0. The Bertz CT molecular complexity index is 988. The van der Waals surface area contributed by atoms with Crippen LogP contribution in [0.25, 0.3) is 0 Å². The van der Waals surface area contributed by atoms with E-state index in [0.717, 1.165) is 36.1 Å². The van der Waals surface area contributed by atoms with Crippen LogP contribution >= 0.6 is 0 Å². The van der Waals surface area contributed by atoms with Gasteiger partial charge in [0.15, 0.2) is 0 Å². The number of esters is 1. The summed E-state index contributed by atoms with van der Waals surface area (Å²) in [6, 6.07) is 30.3. The summed E-state index contributed by atoms with van der Waals surface area (Å²) in [5.41, 5.74) is 3.23. The maximum absolute atomic E-state index is 11.7. The normalized spacial score (nSPS) is 19.4. The Morgan fingerprint density at radius 3 is 1.97 bits per heavy atom. The van der Waals surface area contributed by atoms with Crippen molar-refractivity contribution in [3.63, 3.8) is 0 Å². The first-order valence-electron chi connectivity index (χ1n) is 12.4. The van der Waals surface area contributed by atoms with E-state index in [4.69, 9.17) is 9.47 Å². The molecular formula is C30H35NO4. The van der Waals surface area contributed by atoms with Crippen LogP contribution in [-0.4, -0.2) is 48.3 Å². The molecule has 35 heavy (non-hydrogen) atoms. The third kappa shape index (κ3) is 7.25. The predicted molar refractivity (Wildman–Crippen MR) is 137 cm³/mol. The van der Waals surface area contributed by atoms with Gasteiger partial charge in [0.1, 0.15) is 12.2 Å². The van der Waals surface area contributed by atoms with Crippen molar-refractivity contribution in [1.29, 1.82) is 0 Å². The lowest BCUT2D eigenvalue weighted by atomic mass is 9.90. The van der Waals surface area contributed by atoms with Crippen LogP contribution in [0.5, 0.6) is 0 Å². The zero-order valence-corrected chi connectivity index (χ0v) is 20.3. The number of aliphatic hydroxyl groups excluding tert-OH is 1. The molecule has 0 saturated carbocycles. The lowest BCUT2D eigenvalue weighted by molar-refractivity contribution is -0.148. The van der Waals surface area contributed by atoms with E-state index in [1.54, 1.807) is 0 Å². The number of ether oxygens (including phenoxy) is 2. The average Bonchev–Trinajstić information content (AvgIpc) is 2.88. The Morgan fingerprint density at radius 2 is 1.46 bits per heavy atom. The molecule has 0 radical (unpaired) electrons. The van der Waals surface area contributed by atoms with E-state index >= 15 is 0 Å². The molecular weight excluding hydrogens is 438 g/mol. The quantitative estimate of drug-likeness (QED) is 0.412. The Balaban J connectivity index is 1.31. The van der Waals surface area contributed by atoms with Gasteiger partial charge in [-0.2, -0.15) is 0 Å². The van der Waals surface area contributed by atoms with Crippen molar-refractivity contribution in [3.8, 4) is 0 Å². The van der Waals surface area contributed by atoms with Gasteiger partial charge in [-0.1, -0.05) is 91.0 Å². The molecule has 3 aromatic rings. The molecule has 3 aromatic carbocycles. The number of piperidine rings is 1. The molecule has 0 spiro atoms. The molecule has 0 aliphatic carbocycles. The summed E-state index contributed by atoms with van der Waals surface area (Å²) in [5, 5.41) is 10.9. The second kappa shape index (κ2) is 12.6. The molecule has 0 bridgehead atoms. The molecule has 0 aromatic heterocycles. The molecule has 3 atom stereocenters. The molecule has 4 rings (SSSR count). The summed E-state index contributed by atoms with van der Waals surface area (Å²) in [6.07, 6.45) is 0.793. The first-order chi connectivity index (χ1) is 17.1. The highest BCUT2D eigenvalue weighted by Crippen LogP contribution is 2.29. The van der Waals surface area contributed by atoms with Crippen LogP contribution in [0.2, 0.25) is 0 Å². The van der Waals surface area contributed by atoms with Gasteiger partial charge in [0.05, 0.1) is 6.10 Å². The van der Waals surface area contributed by atoms with Crippen LogP contribution in [-0.2, 0) is 14.3 Å². The molecule has 184 valence electrons. The van der Waals surface area contributed by atoms with Crippen molar-refractivity contribution in [2.75, 3.05) is 26.2 Å². The first kappa shape index (κ1) is 25.1. The molecule has 1 aliphatic heterocycles. The molecule has 1 aliphatic rings. The molecule has 1 heterocycles. The molecule has 1 fully saturated rings. The minimum absolute atomic E-state index is 0.120. The van der Waals surface area contributed by atoms with Crippen LogP contribution in [0.15, 0.2) is 91.0 Å². The highest BCUT2D eigenvalue weighted by Gasteiger charge is 2.30. The lowest BCUT2D eigenvalue weighted by Crippen LogP contribution is -2.45. The van der Waals surface area contributed by atoms with Gasteiger partial charge in [-0.15, -0.1) is 0 Å². The van der Waals surface area contributed by atoms with Crippen LogP contribution in [0.1, 0.15) is 48.7 Å². The highest BCUT2D eigenvalue weighted by molar-refractivity contribution is 5.66. The Kier molecular flexibility index (Phi) is 9.07. The maximum atomic E-state index is 11.7. The van der Waals surface area contributed by atoms with E-state index < -0.39 is 6.10 Å². The summed E-state index contributed by atoms with van der Waals surface area (Å²) in [5.74, 6) is -0.111. The zero-order chi connectivity index (χ0) is 24.5. The minimum atomic E-state index is -0.437. The third-order valence-corrected chi connectivity index (χ3v) is 6.69. The lowest BCUT2D eigenvalue weighted by Gasteiger charge is -2.37. The zero-order valence-electron chi connectivity index (χ0n) is 20.3.